The van der Waals surface area contributed by atoms with Gasteiger partial charge in [0.1, 0.15) is 11.4 Å². The molecule has 1 fully saturated rings. The molecule has 176 valence electrons. The fourth-order valence-corrected chi connectivity index (χ4v) is 5.23. The van der Waals surface area contributed by atoms with E-state index in [4.69, 9.17) is 16.3 Å². The summed E-state index contributed by atoms with van der Waals surface area (Å²) in [5, 5.41) is 13.1. The minimum absolute atomic E-state index is 0.0410. The number of rotatable bonds is 6. The third-order valence-corrected chi connectivity index (χ3v) is 6.83. The smallest absolute Gasteiger partial charge is 0.274 e. The number of amides is 2. The largest absolute Gasteiger partial charge is 0.503 e. The van der Waals surface area contributed by atoms with E-state index in [1.807, 2.05) is 6.92 Å². The number of fused-ring (bicyclic) bond motifs is 3. The van der Waals surface area contributed by atoms with Crippen LogP contribution in [0.25, 0.3) is 0 Å². The van der Waals surface area contributed by atoms with Crippen LogP contribution in [0.3, 0.4) is 0 Å². The highest BCUT2D eigenvalue weighted by atomic mass is 35.5. The van der Waals surface area contributed by atoms with Gasteiger partial charge in [0.15, 0.2) is 11.4 Å². The molecule has 2 aromatic rings. The third kappa shape index (κ3) is 3.89. The molecule has 0 spiro atoms. The van der Waals surface area contributed by atoms with Crippen molar-refractivity contribution in [3.05, 3.63) is 62.3 Å². The lowest BCUT2D eigenvalue weighted by Crippen LogP contribution is -2.51. The highest BCUT2D eigenvalue weighted by molar-refractivity contribution is 6.30. The molecular weight excluding hydrogens is 453 g/mol. The van der Waals surface area contributed by atoms with E-state index in [-0.39, 0.29) is 46.4 Å². The Kier molecular flexibility index (Phi) is 6.45. The van der Waals surface area contributed by atoms with Crippen molar-refractivity contribution in [1.29, 1.82) is 0 Å². The molecule has 2 amide bonds. The molecule has 0 bridgehead atoms. The lowest BCUT2D eigenvalue weighted by atomic mass is 9.96. The van der Waals surface area contributed by atoms with Crippen LogP contribution in [0, 0.1) is 11.7 Å². The summed E-state index contributed by atoms with van der Waals surface area (Å²) in [5.41, 5.74) is -1.24. The zero-order valence-electron chi connectivity index (χ0n) is 18.3. The highest BCUT2D eigenvalue weighted by Gasteiger charge is 2.48. The number of aromatic hydroxyl groups is 1. The summed E-state index contributed by atoms with van der Waals surface area (Å²) in [6.07, 6.45) is 2.88. The molecule has 33 heavy (non-hydrogen) atoms. The van der Waals surface area contributed by atoms with Crippen LogP contribution in [0.5, 0.6) is 5.75 Å². The Morgan fingerprint density at radius 2 is 2.09 bits per heavy atom. The fraction of sp³-hybridized carbons (Fsp3) is 0.435. The zero-order chi connectivity index (χ0) is 23.9. The first-order chi connectivity index (χ1) is 15.8. The fourth-order valence-electron chi connectivity index (χ4n) is 5.04. The summed E-state index contributed by atoms with van der Waals surface area (Å²) < 4.78 is 21.1. The summed E-state index contributed by atoms with van der Waals surface area (Å²) in [7, 11) is 1.59. The quantitative estimate of drug-likeness (QED) is 0.666. The maximum absolute atomic E-state index is 14.2. The van der Waals surface area contributed by atoms with E-state index < -0.39 is 28.8 Å². The molecule has 1 aromatic heterocycles. The van der Waals surface area contributed by atoms with Crippen LogP contribution in [0.4, 0.5) is 4.39 Å². The van der Waals surface area contributed by atoms with Crippen molar-refractivity contribution in [3.63, 3.8) is 0 Å². The van der Waals surface area contributed by atoms with E-state index in [0.717, 1.165) is 12.8 Å². The summed E-state index contributed by atoms with van der Waals surface area (Å²) in [6.45, 7) is 2.52. The van der Waals surface area contributed by atoms with Crippen molar-refractivity contribution in [1.82, 2.24) is 14.8 Å². The Morgan fingerprint density at radius 3 is 2.79 bits per heavy atom. The summed E-state index contributed by atoms with van der Waals surface area (Å²) in [4.78, 5) is 40.5. The predicted octanol–water partition coefficient (Wildman–Crippen LogP) is 2.72. The van der Waals surface area contributed by atoms with E-state index in [9.17, 15) is 23.9 Å². The summed E-state index contributed by atoms with van der Waals surface area (Å²) >= 11 is 5.78. The topological polar surface area (TPSA) is 101 Å². The van der Waals surface area contributed by atoms with E-state index in [2.05, 4.69) is 5.32 Å². The molecule has 8 nitrogen and oxygen atoms in total. The van der Waals surface area contributed by atoms with Gasteiger partial charge in [0, 0.05) is 37.9 Å². The van der Waals surface area contributed by atoms with Gasteiger partial charge in [-0.3, -0.25) is 14.4 Å². The number of carbonyl (C=O) groups excluding carboxylic acids is 2. The molecular formula is C23H25ClFN3O5. The lowest BCUT2D eigenvalue weighted by Gasteiger charge is -2.41. The van der Waals surface area contributed by atoms with Crippen LogP contribution in [-0.4, -0.2) is 52.7 Å². The number of nitrogens with one attached hydrogen (secondary N) is 1. The average Bonchev–Trinajstić information content (AvgIpc) is 3.20. The number of methoxy groups -OCH3 is 1. The molecule has 4 rings (SSSR count). The van der Waals surface area contributed by atoms with Gasteiger partial charge in [0.25, 0.3) is 11.8 Å². The number of benzene rings is 1. The first-order valence-corrected chi connectivity index (χ1v) is 11.2. The molecule has 0 radical (unpaired) electrons. The van der Waals surface area contributed by atoms with Crippen molar-refractivity contribution in [2.45, 2.75) is 38.4 Å². The van der Waals surface area contributed by atoms with Crippen molar-refractivity contribution in [2.24, 2.45) is 5.92 Å². The maximum Gasteiger partial charge on any atom is 0.274 e. The monoisotopic (exact) mass is 477 g/mol. The van der Waals surface area contributed by atoms with Gasteiger partial charge >= 0.3 is 0 Å². The van der Waals surface area contributed by atoms with E-state index in [1.165, 1.54) is 18.3 Å². The van der Waals surface area contributed by atoms with Gasteiger partial charge < -0.3 is 24.6 Å². The number of hydrogen-bond donors (Lipinski definition) is 2. The lowest BCUT2D eigenvalue weighted by molar-refractivity contribution is 0.0487. The number of likely N-dealkylation sites (N-methyl/N-ethyl adjacent to an activating group) is 1. The van der Waals surface area contributed by atoms with Crippen LogP contribution in [0.15, 0.2) is 29.2 Å². The molecule has 2 heterocycles. The summed E-state index contributed by atoms with van der Waals surface area (Å²) in [5.74, 6) is -2.61. The number of ether oxygens (including phenoxy) is 1. The van der Waals surface area contributed by atoms with Crippen molar-refractivity contribution in [3.8, 4) is 5.75 Å². The first-order valence-electron chi connectivity index (χ1n) is 10.8. The van der Waals surface area contributed by atoms with Gasteiger partial charge in [0.2, 0.25) is 5.43 Å². The van der Waals surface area contributed by atoms with Crippen LogP contribution in [0.1, 0.15) is 52.2 Å². The van der Waals surface area contributed by atoms with Crippen LogP contribution >= 0.6 is 11.6 Å². The minimum Gasteiger partial charge on any atom is -0.503 e. The second-order valence-electron chi connectivity index (χ2n) is 8.31. The van der Waals surface area contributed by atoms with E-state index in [1.54, 1.807) is 22.6 Å². The van der Waals surface area contributed by atoms with Crippen molar-refractivity contribution >= 4 is 23.4 Å². The van der Waals surface area contributed by atoms with Gasteiger partial charge in [-0.2, -0.15) is 0 Å². The Labute approximate surface area is 194 Å². The van der Waals surface area contributed by atoms with E-state index >= 15 is 0 Å². The number of aromatic nitrogens is 1. The molecule has 1 aromatic carbocycles. The van der Waals surface area contributed by atoms with Crippen LogP contribution in [-0.2, 0) is 11.3 Å². The van der Waals surface area contributed by atoms with Gasteiger partial charge in [-0.15, -0.1) is 0 Å². The van der Waals surface area contributed by atoms with Gasteiger partial charge in [0.05, 0.1) is 23.7 Å². The second-order valence-corrected chi connectivity index (χ2v) is 8.72. The molecule has 0 unspecified atom stereocenters. The molecule has 1 aliphatic carbocycles. The minimum atomic E-state index is -0.950. The number of halogens is 2. The standard InChI is InChI=1S/C23H25ClFN3O5/c1-3-27-16-8-7-13(11-33-2)18(16)28-10-14(20(29)21(30)19(28)23(27)32)22(31)26-9-12-5-4-6-15(24)17(12)25/h4-6,10,13,16,18,30H,3,7-9,11H2,1-2H3,(H,26,31)/t13-,16+,18-/m0/s1. The Hall–Kier alpha value is -2.91. The first kappa shape index (κ1) is 23.3. The highest BCUT2D eigenvalue weighted by Crippen LogP contribution is 2.44. The molecule has 2 aliphatic rings. The molecule has 2 N–H and O–H groups in total. The molecule has 10 heteroatoms. The Morgan fingerprint density at radius 1 is 1.33 bits per heavy atom. The maximum atomic E-state index is 14.2. The Balaban J connectivity index is 1.73. The second kappa shape index (κ2) is 9.15. The Bertz CT molecular complexity index is 1170. The molecule has 0 saturated heterocycles. The normalized spacial score (nSPS) is 21.6. The zero-order valence-corrected chi connectivity index (χ0v) is 19.1. The number of pyridine rings is 1. The van der Waals surface area contributed by atoms with E-state index in [0.29, 0.717) is 13.2 Å². The third-order valence-electron chi connectivity index (χ3n) is 6.54. The van der Waals surface area contributed by atoms with Crippen LogP contribution in [0.2, 0.25) is 5.02 Å². The number of carbonyl (C=O) groups is 2. The molecule has 1 saturated carbocycles. The molecule has 1 aliphatic heterocycles. The van der Waals surface area contributed by atoms with Crippen molar-refractivity contribution < 1.29 is 23.8 Å². The van der Waals surface area contributed by atoms with Crippen LogP contribution < -0.4 is 10.7 Å². The average molecular weight is 478 g/mol. The van der Waals surface area contributed by atoms with Gasteiger partial charge in [-0.1, -0.05) is 23.7 Å². The van der Waals surface area contributed by atoms with Gasteiger partial charge in [-0.05, 0) is 25.8 Å². The number of nitrogens with zero attached hydrogens (tertiary/aromatic N) is 2. The SMILES string of the molecule is CCN1C(=O)c2c(O)c(=O)c(C(=O)NCc3cccc(Cl)c3F)cn2[C@H]2[C@H](COC)CC[C@H]21. The number of hydrogen-bond acceptors (Lipinski definition) is 5. The van der Waals surface area contributed by atoms with Crippen molar-refractivity contribution in [2.75, 3.05) is 20.3 Å². The summed E-state index contributed by atoms with van der Waals surface area (Å²) in [6, 6.07) is 4.03. The molecule has 3 atom stereocenters. The predicted molar refractivity (Wildman–Crippen MR) is 119 cm³/mol. The van der Waals surface area contributed by atoms with Gasteiger partial charge in [-0.25, -0.2) is 4.39 Å².